The van der Waals surface area contributed by atoms with Gasteiger partial charge in [0.1, 0.15) is 0 Å². The van der Waals surface area contributed by atoms with Crippen molar-refractivity contribution in [3.8, 4) is 0 Å². The standard InChI is InChI=1S/C6H8.C5H5.Rh/c1-6-4-2-3-5-6;1-2-4-5-3-1;/h2-4H,5H2,1H3;1-5H;. The van der Waals surface area contributed by atoms with Crippen LogP contribution in [0.15, 0.2) is 48.1 Å². The van der Waals surface area contributed by atoms with E-state index in [4.69, 9.17) is 0 Å². The summed E-state index contributed by atoms with van der Waals surface area (Å²) in [7, 11) is 0. The topological polar surface area (TPSA) is 0 Å². The molecule has 2 rings (SSSR count). The Kier molecular flexibility index (Phi) is 6.99. The van der Waals surface area contributed by atoms with E-state index in [0.29, 0.717) is 0 Å². The molecule has 2 aliphatic rings. The molecule has 0 saturated carbocycles. The normalized spacial score (nSPS) is 16.6. The van der Waals surface area contributed by atoms with E-state index in [2.05, 4.69) is 25.2 Å². The predicted molar refractivity (Wildman–Crippen MR) is 50.1 cm³/mol. The van der Waals surface area contributed by atoms with Crippen molar-refractivity contribution in [2.45, 2.75) is 13.3 Å². The Labute approximate surface area is 87.5 Å². The molecule has 0 nitrogen and oxygen atoms in total. The van der Waals surface area contributed by atoms with Crippen LogP contribution >= 0.6 is 0 Å². The van der Waals surface area contributed by atoms with Gasteiger partial charge in [-0.25, -0.2) is 0 Å². The van der Waals surface area contributed by atoms with Crippen LogP contribution in [0.25, 0.3) is 0 Å². The van der Waals surface area contributed by atoms with Crippen LogP contribution in [0.4, 0.5) is 0 Å². The van der Waals surface area contributed by atoms with Crippen molar-refractivity contribution in [1.82, 2.24) is 0 Å². The van der Waals surface area contributed by atoms with Gasteiger partial charge in [0, 0.05) is 25.9 Å². The molecule has 0 bridgehead atoms. The Morgan fingerprint density at radius 1 is 1.00 bits per heavy atom. The first kappa shape index (κ1) is 11.6. The zero-order valence-electron chi connectivity index (χ0n) is 7.16. The smallest absolute Gasteiger partial charge is 0.00506 e. The summed E-state index contributed by atoms with van der Waals surface area (Å²) >= 11 is 0. The zero-order chi connectivity index (χ0) is 7.94. The third-order valence-electron chi connectivity index (χ3n) is 1.51. The molecule has 0 saturated heterocycles. The summed E-state index contributed by atoms with van der Waals surface area (Å²) in [5.41, 5.74) is 1.47. The van der Waals surface area contributed by atoms with Crippen LogP contribution < -0.4 is 0 Å². The first-order chi connectivity index (χ1) is 5.39. The SMILES string of the molecule is CC1=CC=CC1.[CH]1C=CC=C1.[Rh]. The van der Waals surface area contributed by atoms with E-state index in [9.17, 15) is 0 Å². The average molecular weight is 248 g/mol. The molecule has 0 heterocycles. The minimum absolute atomic E-state index is 0. The maximum Gasteiger partial charge on any atom is 0.00506 e. The Balaban J connectivity index is 0.000000189. The Morgan fingerprint density at radius 2 is 1.67 bits per heavy atom. The summed E-state index contributed by atoms with van der Waals surface area (Å²) in [4.78, 5) is 0. The molecule has 0 aromatic heterocycles. The maximum absolute atomic E-state index is 2.16. The second-order valence-corrected chi connectivity index (χ2v) is 2.61. The van der Waals surface area contributed by atoms with Crippen LogP contribution in [-0.4, -0.2) is 0 Å². The summed E-state index contributed by atoms with van der Waals surface area (Å²) in [5.74, 6) is 0. The molecule has 0 aromatic rings. The van der Waals surface area contributed by atoms with Crippen LogP contribution in [0.2, 0.25) is 0 Å². The van der Waals surface area contributed by atoms with Crippen molar-refractivity contribution in [3.05, 3.63) is 54.5 Å². The predicted octanol–water partition coefficient (Wildman–Crippen LogP) is 3.21. The molecular formula is C11H13Rh. The molecule has 0 unspecified atom stereocenters. The van der Waals surface area contributed by atoms with Crippen LogP contribution in [0.1, 0.15) is 13.3 Å². The summed E-state index contributed by atoms with van der Waals surface area (Å²) in [6.07, 6.45) is 17.6. The molecule has 0 N–H and O–H groups in total. The van der Waals surface area contributed by atoms with Gasteiger partial charge in [-0.15, -0.1) is 0 Å². The average Bonchev–Trinajstić information content (AvgIpc) is 2.57. The van der Waals surface area contributed by atoms with Crippen LogP contribution in [0, 0.1) is 6.42 Å². The van der Waals surface area contributed by atoms with Gasteiger partial charge in [0.25, 0.3) is 0 Å². The van der Waals surface area contributed by atoms with Gasteiger partial charge in [-0.2, -0.15) is 0 Å². The van der Waals surface area contributed by atoms with E-state index >= 15 is 0 Å². The summed E-state index contributed by atoms with van der Waals surface area (Å²) in [5, 5.41) is 0. The fourth-order valence-electron chi connectivity index (χ4n) is 0.875. The summed E-state index contributed by atoms with van der Waals surface area (Å²) < 4.78 is 0. The van der Waals surface area contributed by atoms with E-state index in [1.807, 2.05) is 30.7 Å². The second kappa shape index (κ2) is 7.24. The molecule has 0 aliphatic heterocycles. The maximum atomic E-state index is 2.16. The number of rotatable bonds is 0. The molecular weight excluding hydrogens is 235 g/mol. The van der Waals surface area contributed by atoms with E-state index < -0.39 is 0 Å². The molecule has 12 heavy (non-hydrogen) atoms. The van der Waals surface area contributed by atoms with Crippen molar-refractivity contribution in [2.75, 3.05) is 0 Å². The number of hydrogen-bond acceptors (Lipinski definition) is 0. The van der Waals surface area contributed by atoms with E-state index in [1.54, 1.807) is 0 Å². The zero-order valence-corrected chi connectivity index (χ0v) is 8.80. The number of hydrogen-bond donors (Lipinski definition) is 0. The van der Waals surface area contributed by atoms with E-state index in [0.717, 1.165) is 0 Å². The van der Waals surface area contributed by atoms with Crippen molar-refractivity contribution in [1.29, 1.82) is 0 Å². The molecule has 66 valence electrons. The Morgan fingerprint density at radius 3 is 1.83 bits per heavy atom. The van der Waals surface area contributed by atoms with Gasteiger partial charge in [-0.3, -0.25) is 0 Å². The van der Waals surface area contributed by atoms with E-state index in [1.165, 1.54) is 12.0 Å². The third-order valence-corrected chi connectivity index (χ3v) is 1.51. The first-order valence-corrected chi connectivity index (χ1v) is 3.88. The van der Waals surface area contributed by atoms with Gasteiger partial charge < -0.3 is 0 Å². The van der Waals surface area contributed by atoms with Gasteiger partial charge in [0.2, 0.25) is 0 Å². The molecule has 1 heteroatoms. The van der Waals surface area contributed by atoms with Gasteiger partial charge in [0.05, 0.1) is 0 Å². The molecule has 0 amide bonds. The van der Waals surface area contributed by atoms with Gasteiger partial charge in [-0.05, 0) is 13.3 Å². The quantitative estimate of drug-likeness (QED) is 0.577. The van der Waals surface area contributed by atoms with Gasteiger partial charge in [-0.1, -0.05) is 48.1 Å². The minimum Gasteiger partial charge on any atom is -0.0805 e. The first-order valence-electron chi connectivity index (χ1n) is 3.88. The van der Waals surface area contributed by atoms with Crippen LogP contribution in [-0.2, 0) is 19.5 Å². The monoisotopic (exact) mass is 248 g/mol. The molecule has 2 aliphatic carbocycles. The molecule has 0 spiro atoms. The third kappa shape index (κ3) is 5.26. The fourth-order valence-corrected chi connectivity index (χ4v) is 0.875. The van der Waals surface area contributed by atoms with Gasteiger partial charge in [0.15, 0.2) is 0 Å². The largest absolute Gasteiger partial charge is 0.0805 e. The Bertz CT molecular complexity index is 209. The summed E-state index contributed by atoms with van der Waals surface area (Å²) in [6, 6.07) is 0. The molecule has 2 radical (unpaired) electrons. The van der Waals surface area contributed by atoms with Crippen LogP contribution in [0.5, 0.6) is 0 Å². The molecule has 0 fully saturated rings. The molecule has 0 aromatic carbocycles. The van der Waals surface area contributed by atoms with Crippen LogP contribution in [0.3, 0.4) is 0 Å². The second-order valence-electron chi connectivity index (χ2n) is 2.61. The van der Waals surface area contributed by atoms with E-state index in [-0.39, 0.29) is 19.5 Å². The van der Waals surface area contributed by atoms with Crippen molar-refractivity contribution in [2.24, 2.45) is 0 Å². The van der Waals surface area contributed by atoms with Crippen molar-refractivity contribution < 1.29 is 19.5 Å². The van der Waals surface area contributed by atoms with Crippen molar-refractivity contribution in [3.63, 3.8) is 0 Å². The van der Waals surface area contributed by atoms with Crippen molar-refractivity contribution >= 4 is 0 Å². The molecule has 0 atom stereocenters. The summed E-state index contributed by atoms with van der Waals surface area (Å²) in [6.45, 7) is 2.14. The Hall–Kier alpha value is -0.417. The van der Waals surface area contributed by atoms with Gasteiger partial charge >= 0.3 is 0 Å². The fraction of sp³-hybridized carbons (Fsp3) is 0.182. The number of allylic oxidation sites excluding steroid dienone is 8. The minimum atomic E-state index is 0.